The van der Waals surface area contributed by atoms with Gasteiger partial charge in [-0.3, -0.25) is 19.4 Å². The van der Waals surface area contributed by atoms with Crippen LogP contribution in [0.25, 0.3) is 10.8 Å². The van der Waals surface area contributed by atoms with Gasteiger partial charge in [0.15, 0.2) is 0 Å². The molecule has 0 aliphatic heterocycles. The van der Waals surface area contributed by atoms with Gasteiger partial charge >= 0.3 is 0 Å². The van der Waals surface area contributed by atoms with Gasteiger partial charge in [0.25, 0.3) is 0 Å². The Hall–Kier alpha value is -4.34. The highest BCUT2D eigenvalue weighted by atomic mass is 32.1. The molecule has 0 radical (unpaired) electrons. The fourth-order valence-electron chi connectivity index (χ4n) is 5.12. The predicted molar refractivity (Wildman–Crippen MR) is 182 cm³/mol. The van der Waals surface area contributed by atoms with Crippen LogP contribution in [0.3, 0.4) is 0 Å². The molecule has 2 heterocycles. The number of carbonyl (C=O) groups excluding carboxylic acids is 3. The first-order valence-corrected chi connectivity index (χ1v) is 16.1. The van der Waals surface area contributed by atoms with Gasteiger partial charge in [-0.2, -0.15) is 0 Å². The summed E-state index contributed by atoms with van der Waals surface area (Å²) in [6.07, 6.45) is 8.49. The van der Waals surface area contributed by atoms with Gasteiger partial charge in [-0.25, -0.2) is 0 Å². The van der Waals surface area contributed by atoms with Crippen LogP contribution < -0.4 is 11.1 Å². The zero-order valence-electron chi connectivity index (χ0n) is 26.5. The van der Waals surface area contributed by atoms with E-state index in [1.807, 2.05) is 79.9 Å². The summed E-state index contributed by atoms with van der Waals surface area (Å²) in [6, 6.07) is 20.2. The summed E-state index contributed by atoms with van der Waals surface area (Å²) >= 11 is 1.54. The number of hydrogen-bond donors (Lipinski definition) is 2. The van der Waals surface area contributed by atoms with Crippen molar-refractivity contribution >= 4 is 39.8 Å². The molecule has 236 valence electrons. The number of nitrogens with zero attached hydrogens (tertiary/aromatic N) is 3. The first-order chi connectivity index (χ1) is 21.5. The maximum absolute atomic E-state index is 14.4. The number of aromatic nitrogens is 1. The fraction of sp³-hybridized carbons (Fsp3) is 0.333. The number of fused-ring (bicyclic) bond motifs is 1. The van der Waals surface area contributed by atoms with Crippen molar-refractivity contribution in [1.82, 2.24) is 20.1 Å². The minimum Gasteiger partial charge on any atom is -0.354 e. The van der Waals surface area contributed by atoms with Gasteiger partial charge in [0.1, 0.15) is 12.1 Å². The van der Waals surface area contributed by atoms with E-state index in [9.17, 15) is 14.4 Å². The SMILES string of the molecule is CN(C(=O)/C=C/CC(C)(C)N)C(Cc1ccc2ccccc2c1)C(=O)N(C)C(Cc1cccs1)C(=O)NCCc1ccncc1. The molecule has 3 N–H and O–H groups in total. The van der Waals surface area contributed by atoms with Crippen molar-refractivity contribution in [2.24, 2.45) is 5.73 Å². The van der Waals surface area contributed by atoms with Crippen molar-refractivity contribution in [1.29, 1.82) is 0 Å². The van der Waals surface area contributed by atoms with E-state index in [2.05, 4.69) is 16.4 Å². The molecule has 0 spiro atoms. The molecule has 0 bridgehead atoms. The molecule has 0 saturated heterocycles. The number of nitrogens with two attached hydrogens (primary N) is 1. The second-order valence-corrected chi connectivity index (χ2v) is 13.1. The van der Waals surface area contributed by atoms with E-state index < -0.39 is 17.6 Å². The van der Waals surface area contributed by atoms with Gasteiger partial charge in [-0.1, -0.05) is 54.6 Å². The van der Waals surface area contributed by atoms with Gasteiger partial charge in [-0.05, 0) is 78.2 Å². The van der Waals surface area contributed by atoms with E-state index in [0.717, 1.165) is 26.8 Å². The topological polar surface area (TPSA) is 109 Å². The van der Waals surface area contributed by atoms with Gasteiger partial charge in [0.2, 0.25) is 17.7 Å². The lowest BCUT2D eigenvalue weighted by molar-refractivity contribution is -0.146. The Morgan fingerprint density at radius 2 is 1.64 bits per heavy atom. The van der Waals surface area contributed by atoms with Crippen LogP contribution in [0.4, 0.5) is 0 Å². The Balaban J connectivity index is 1.59. The Bertz CT molecular complexity index is 1600. The molecular formula is C36H43N5O3S. The van der Waals surface area contributed by atoms with E-state index in [1.54, 1.807) is 43.9 Å². The maximum atomic E-state index is 14.4. The van der Waals surface area contributed by atoms with Crippen molar-refractivity contribution in [2.45, 2.75) is 57.2 Å². The molecule has 0 fully saturated rings. The number of hydrogen-bond acceptors (Lipinski definition) is 6. The molecule has 0 saturated carbocycles. The molecular weight excluding hydrogens is 582 g/mol. The van der Waals surface area contributed by atoms with Crippen LogP contribution in [0.2, 0.25) is 0 Å². The molecule has 4 rings (SSSR count). The molecule has 2 aromatic carbocycles. The Morgan fingerprint density at radius 1 is 0.911 bits per heavy atom. The first kappa shape index (κ1) is 33.6. The molecule has 2 unspecified atom stereocenters. The molecule has 2 aromatic heterocycles. The molecule has 4 aromatic rings. The lowest BCUT2D eigenvalue weighted by atomic mass is 9.99. The monoisotopic (exact) mass is 625 g/mol. The quantitative estimate of drug-likeness (QED) is 0.196. The number of rotatable bonds is 14. The number of benzene rings is 2. The number of likely N-dealkylation sites (N-methyl/N-ethyl adjacent to an activating group) is 2. The lowest BCUT2D eigenvalue weighted by Crippen LogP contribution is -2.56. The van der Waals surface area contributed by atoms with Gasteiger partial charge in [0.05, 0.1) is 0 Å². The third-order valence-electron chi connectivity index (χ3n) is 7.80. The van der Waals surface area contributed by atoms with Crippen LogP contribution in [-0.2, 0) is 33.6 Å². The zero-order valence-corrected chi connectivity index (χ0v) is 27.3. The summed E-state index contributed by atoms with van der Waals surface area (Å²) in [7, 11) is 3.29. The predicted octanol–water partition coefficient (Wildman–Crippen LogP) is 4.78. The van der Waals surface area contributed by atoms with Crippen LogP contribution in [-0.4, -0.2) is 70.8 Å². The molecule has 45 heavy (non-hydrogen) atoms. The number of amides is 3. The molecule has 2 atom stereocenters. The van der Waals surface area contributed by atoms with Crippen LogP contribution >= 0.6 is 11.3 Å². The van der Waals surface area contributed by atoms with Crippen molar-refractivity contribution in [2.75, 3.05) is 20.6 Å². The van der Waals surface area contributed by atoms with E-state index in [0.29, 0.717) is 32.2 Å². The number of pyridine rings is 1. The highest BCUT2D eigenvalue weighted by Crippen LogP contribution is 2.21. The largest absolute Gasteiger partial charge is 0.354 e. The van der Waals surface area contributed by atoms with Crippen LogP contribution in [0.15, 0.2) is 96.7 Å². The second kappa shape index (κ2) is 15.6. The summed E-state index contributed by atoms with van der Waals surface area (Å²) < 4.78 is 0. The van der Waals surface area contributed by atoms with Crippen LogP contribution in [0.5, 0.6) is 0 Å². The van der Waals surface area contributed by atoms with E-state index in [4.69, 9.17) is 5.73 Å². The first-order valence-electron chi connectivity index (χ1n) is 15.2. The summed E-state index contributed by atoms with van der Waals surface area (Å²) in [5, 5.41) is 7.14. The molecule has 0 aliphatic carbocycles. The molecule has 0 aliphatic rings. The van der Waals surface area contributed by atoms with E-state index in [1.165, 1.54) is 15.9 Å². The third kappa shape index (κ3) is 9.83. The number of carbonyl (C=O) groups is 3. The lowest BCUT2D eigenvalue weighted by Gasteiger charge is -2.34. The van der Waals surface area contributed by atoms with Crippen LogP contribution in [0.1, 0.15) is 36.3 Å². The fourth-order valence-corrected chi connectivity index (χ4v) is 5.87. The maximum Gasteiger partial charge on any atom is 0.246 e. The van der Waals surface area contributed by atoms with E-state index in [-0.39, 0.29) is 17.7 Å². The number of thiophene rings is 1. The molecule has 9 heteroatoms. The minimum atomic E-state index is -0.838. The molecule has 8 nitrogen and oxygen atoms in total. The Kier molecular flexibility index (Phi) is 11.6. The second-order valence-electron chi connectivity index (χ2n) is 12.1. The summed E-state index contributed by atoms with van der Waals surface area (Å²) in [5.41, 5.74) is 7.62. The summed E-state index contributed by atoms with van der Waals surface area (Å²) in [5.74, 6) is -0.849. The standard InChI is InChI=1S/C36H43N5O3S/c1-36(2,37)18-7-12-33(42)40(3)32(24-27-13-14-28-9-5-6-10-29(28)23-27)35(44)41(4)31(25-30-11-8-22-45-30)34(43)39-21-17-26-15-19-38-20-16-26/h5-16,19-20,22-23,31-32H,17-18,21,24-25,37H2,1-4H3,(H,39,43)/b12-7+. The summed E-state index contributed by atoms with van der Waals surface area (Å²) in [4.78, 5) is 49.4. The van der Waals surface area contributed by atoms with Crippen molar-refractivity contribution in [3.63, 3.8) is 0 Å². The van der Waals surface area contributed by atoms with Crippen molar-refractivity contribution in [3.05, 3.63) is 113 Å². The van der Waals surface area contributed by atoms with Crippen LogP contribution in [0, 0.1) is 0 Å². The molecule has 3 amide bonds. The van der Waals surface area contributed by atoms with Crippen molar-refractivity contribution < 1.29 is 14.4 Å². The third-order valence-corrected chi connectivity index (χ3v) is 8.70. The minimum absolute atomic E-state index is 0.239. The van der Waals surface area contributed by atoms with Gasteiger partial charge in [0, 0.05) is 56.3 Å². The highest BCUT2D eigenvalue weighted by Gasteiger charge is 2.35. The van der Waals surface area contributed by atoms with Gasteiger partial charge in [-0.15, -0.1) is 11.3 Å². The van der Waals surface area contributed by atoms with Crippen molar-refractivity contribution in [3.8, 4) is 0 Å². The smallest absolute Gasteiger partial charge is 0.246 e. The highest BCUT2D eigenvalue weighted by molar-refractivity contribution is 7.09. The average Bonchev–Trinajstić information content (AvgIpc) is 3.54. The van der Waals surface area contributed by atoms with Gasteiger partial charge < -0.3 is 20.9 Å². The summed E-state index contributed by atoms with van der Waals surface area (Å²) in [6.45, 7) is 4.21. The number of nitrogens with one attached hydrogen (secondary N) is 1. The zero-order chi connectivity index (χ0) is 32.4. The average molecular weight is 626 g/mol. The Labute approximate surface area is 269 Å². The van der Waals surface area contributed by atoms with E-state index >= 15 is 0 Å². The Morgan fingerprint density at radius 3 is 2.33 bits per heavy atom. The normalized spacial score (nSPS) is 13.0.